The van der Waals surface area contributed by atoms with Crippen molar-refractivity contribution < 1.29 is 14.7 Å². The van der Waals surface area contributed by atoms with Crippen molar-refractivity contribution >= 4 is 35.1 Å². The van der Waals surface area contributed by atoms with Gasteiger partial charge in [0.2, 0.25) is 5.91 Å². The van der Waals surface area contributed by atoms with Crippen molar-refractivity contribution in [2.75, 3.05) is 0 Å². The number of amides is 1. The van der Waals surface area contributed by atoms with E-state index in [0.717, 1.165) is 24.0 Å². The van der Waals surface area contributed by atoms with Gasteiger partial charge in [0, 0.05) is 22.0 Å². The summed E-state index contributed by atoms with van der Waals surface area (Å²) >= 11 is 12.5. The first kappa shape index (κ1) is 23.6. The second kappa shape index (κ2) is 9.62. The van der Waals surface area contributed by atoms with Gasteiger partial charge in [-0.25, -0.2) is 0 Å². The molecule has 2 aromatic carbocycles. The highest BCUT2D eigenvalue weighted by atomic mass is 35.5. The van der Waals surface area contributed by atoms with Crippen LogP contribution in [0.3, 0.4) is 0 Å². The first-order chi connectivity index (χ1) is 14.7. The van der Waals surface area contributed by atoms with E-state index in [9.17, 15) is 14.7 Å². The Morgan fingerprint density at radius 3 is 2.29 bits per heavy atom. The van der Waals surface area contributed by atoms with Crippen LogP contribution in [-0.2, 0) is 9.59 Å². The highest BCUT2D eigenvalue weighted by Crippen LogP contribution is 2.52. The molecule has 3 atom stereocenters. The monoisotopic (exact) mass is 461 g/mol. The summed E-state index contributed by atoms with van der Waals surface area (Å²) in [5, 5.41) is 10.9. The number of hydrogen-bond acceptors (Lipinski definition) is 2. The van der Waals surface area contributed by atoms with Gasteiger partial charge in [0.05, 0.1) is 17.9 Å². The molecule has 0 bridgehead atoms. The van der Waals surface area contributed by atoms with Crippen LogP contribution in [0.25, 0.3) is 0 Å². The zero-order valence-corrected chi connectivity index (χ0v) is 19.7. The zero-order chi connectivity index (χ0) is 22.8. The fourth-order valence-electron chi connectivity index (χ4n) is 4.96. The number of nitrogens with zero attached hydrogens (tertiary/aromatic N) is 1. The molecule has 1 heterocycles. The van der Waals surface area contributed by atoms with Crippen molar-refractivity contribution in [2.24, 2.45) is 5.41 Å². The number of aliphatic carboxylic acids is 1. The number of benzene rings is 2. The van der Waals surface area contributed by atoms with Crippen molar-refractivity contribution in [1.29, 1.82) is 0 Å². The molecule has 1 aliphatic heterocycles. The van der Waals surface area contributed by atoms with Crippen LogP contribution in [-0.4, -0.2) is 27.9 Å². The number of carboxylic acid groups (broad SMARTS) is 1. The average Bonchev–Trinajstić information content (AvgIpc) is 2.72. The Morgan fingerprint density at radius 2 is 1.74 bits per heavy atom. The van der Waals surface area contributed by atoms with Crippen LogP contribution in [0.5, 0.6) is 0 Å². The van der Waals surface area contributed by atoms with Crippen molar-refractivity contribution in [3.05, 3.63) is 69.7 Å². The Hall–Kier alpha value is -2.04. The smallest absolute Gasteiger partial charge is 0.304 e. The van der Waals surface area contributed by atoms with E-state index >= 15 is 0 Å². The Labute approximate surface area is 194 Å². The minimum Gasteiger partial charge on any atom is -0.481 e. The Balaban J connectivity index is 2.22. The fourth-order valence-corrected chi connectivity index (χ4v) is 5.29. The predicted molar refractivity (Wildman–Crippen MR) is 125 cm³/mol. The summed E-state index contributed by atoms with van der Waals surface area (Å²) in [6, 6.07) is 15.1. The first-order valence-electron chi connectivity index (χ1n) is 10.8. The molecule has 0 radical (unpaired) electrons. The van der Waals surface area contributed by atoms with Gasteiger partial charge in [-0.3, -0.25) is 9.59 Å². The SMILES string of the molecule is CCC(CC)N1C(=O)[C@@](C)(CC(=O)O)C[C@H](c2cccc(Cl)c2)C1c1ccc(Cl)cc1. The maximum absolute atomic E-state index is 13.8. The van der Waals surface area contributed by atoms with E-state index in [1.165, 1.54) is 0 Å². The molecule has 3 rings (SSSR count). The standard InChI is InChI=1S/C25H29Cl2NO3/c1-4-20(5-2)28-23(16-9-11-18(26)12-10-16)21(17-7-6-8-19(27)13-17)14-25(3,24(28)31)15-22(29)30/h6-13,20-21,23H,4-5,14-15H2,1-3H3,(H,29,30)/t21-,23?,25-/m1/s1. The van der Waals surface area contributed by atoms with Gasteiger partial charge in [0.1, 0.15) is 0 Å². The molecule has 1 fully saturated rings. The summed E-state index contributed by atoms with van der Waals surface area (Å²) in [6.07, 6.45) is 1.81. The lowest BCUT2D eigenvalue weighted by Crippen LogP contribution is -2.55. The lowest BCUT2D eigenvalue weighted by atomic mass is 9.67. The topological polar surface area (TPSA) is 57.6 Å². The molecule has 0 aromatic heterocycles. The summed E-state index contributed by atoms with van der Waals surface area (Å²) in [5.74, 6) is -1.15. The predicted octanol–water partition coefficient (Wildman–Crippen LogP) is 6.72. The van der Waals surface area contributed by atoms with Gasteiger partial charge in [0.25, 0.3) is 0 Å². The van der Waals surface area contributed by atoms with Crippen LogP contribution in [0.4, 0.5) is 0 Å². The lowest BCUT2D eigenvalue weighted by molar-refractivity contribution is -0.160. The van der Waals surface area contributed by atoms with Crippen molar-refractivity contribution in [2.45, 2.75) is 64.5 Å². The summed E-state index contributed by atoms with van der Waals surface area (Å²) < 4.78 is 0. The Bertz CT molecular complexity index is 942. The molecule has 0 saturated carbocycles. The van der Waals surface area contributed by atoms with E-state index in [0.29, 0.717) is 16.5 Å². The number of rotatable bonds is 7. The third-order valence-corrected chi connectivity index (χ3v) is 6.95. The number of carbonyl (C=O) groups is 2. The van der Waals surface area contributed by atoms with E-state index in [4.69, 9.17) is 23.2 Å². The highest BCUT2D eigenvalue weighted by Gasteiger charge is 2.51. The largest absolute Gasteiger partial charge is 0.481 e. The van der Waals surface area contributed by atoms with Gasteiger partial charge in [-0.1, -0.05) is 68.2 Å². The van der Waals surface area contributed by atoms with Crippen LogP contribution in [0.1, 0.15) is 69.5 Å². The second-order valence-corrected chi connectivity index (χ2v) is 9.55. The number of halogens is 2. The van der Waals surface area contributed by atoms with E-state index in [1.54, 1.807) is 6.92 Å². The normalized spacial score (nSPS) is 23.9. The number of carboxylic acids is 1. The van der Waals surface area contributed by atoms with Crippen molar-refractivity contribution in [3.8, 4) is 0 Å². The molecule has 1 saturated heterocycles. The van der Waals surface area contributed by atoms with Gasteiger partial charge in [0.15, 0.2) is 0 Å². The van der Waals surface area contributed by atoms with Crippen LogP contribution in [0, 0.1) is 5.41 Å². The number of likely N-dealkylation sites (tertiary alicyclic amines) is 1. The van der Waals surface area contributed by atoms with Crippen LogP contribution in [0.15, 0.2) is 48.5 Å². The Morgan fingerprint density at radius 1 is 1.10 bits per heavy atom. The van der Waals surface area contributed by atoms with E-state index < -0.39 is 11.4 Å². The lowest BCUT2D eigenvalue weighted by Gasteiger charge is -2.51. The molecule has 4 nitrogen and oxygen atoms in total. The summed E-state index contributed by atoms with van der Waals surface area (Å²) in [5.41, 5.74) is 1.00. The quantitative estimate of drug-likeness (QED) is 0.497. The van der Waals surface area contributed by atoms with E-state index in [1.807, 2.05) is 53.4 Å². The van der Waals surface area contributed by atoms with Gasteiger partial charge in [-0.2, -0.15) is 0 Å². The molecule has 1 N–H and O–H groups in total. The molecule has 166 valence electrons. The summed E-state index contributed by atoms with van der Waals surface area (Å²) in [6.45, 7) is 5.92. The molecule has 31 heavy (non-hydrogen) atoms. The summed E-state index contributed by atoms with van der Waals surface area (Å²) in [7, 11) is 0. The third-order valence-electron chi connectivity index (χ3n) is 6.47. The van der Waals surface area contributed by atoms with Gasteiger partial charge in [-0.05, 0) is 54.7 Å². The molecule has 1 unspecified atom stereocenters. The second-order valence-electron chi connectivity index (χ2n) is 8.68. The van der Waals surface area contributed by atoms with Gasteiger partial charge in [-0.15, -0.1) is 0 Å². The third kappa shape index (κ3) is 4.91. The molecular weight excluding hydrogens is 433 g/mol. The Kier molecular flexibility index (Phi) is 7.33. The average molecular weight is 462 g/mol. The fraction of sp³-hybridized carbons (Fsp3) is 0.440. The van der Waals surface area contributed by atoms with Crippen molar-refractivity contribution in [1.82, 2.24) is 4.90 Å². The van der Waals surface area contributed by atoms with E-state index in [2.05, 4.69) is 13.8 Å². The minimum absolute atomic E-state index is 0.00304. The van der Waals surface area contributed by atoms with Crippen LogP contribution < -0.4 is 0 Å². The van der Waals surface area contributed by atoms with Crippen LogP contribution in [0.2, 0.25) is 10.0 Å². The van der Waals surface area contributed by atoms with Crippen molar-refractivity contribution in [3.63, 3.8) is 0 Å². The molecular formula is C25H29Cl2NO3. The number of hydrogen-bond donors (Lipinski definition) is 1. The highest BCUT2D eigenvalue weighted by molar-refractivity contribution is 6.30. The van der Waals surface area contributed by atoms with E-state index in [-0.39, 0.29) is 30.3 Å². The zero-order valence-electron chi connectivity index (χ0n) is 18.1. The molecule has 2 aromatic rings. The molecule has 0 aliphatic carbocycles. The maximum Gasteiger partial charge on any atom is 0.304 e. The summed E-state index contributed by atoms with van der Waals surface area (Å²) in [4.78, 5) is 27.5. The van der Waals surface area contributed by atoms with Crippen LogP contribution >= 0.6 is 23.2 Å². The molecule has 0 spiro atoms. The molecule has 1 amide bonds. The maximum atomic E-state index is 13.8. The minimum atomic E-state index is -0.996. The van der Waals surface area contributed by atoms with Gasteiger partial charge < -0.3 is 10.0 Å². The first-order valence-corrected chi connectivity index (χ1v) is 11.5. The molecule has 6 heteroatoms. The van der Waals surface area contributed by atoms with Gasteiger partial charge >= 0.3 is 5.97 Å². The number of carbonyl (C=O) groups excluding carboxylic acids is 1. The number of piperidine rings is 1. The molecule has 1 aliphatic rings.